The highest BCUT2D eigenvalue weighted by molar-refractivity contribution is 6.30. The van der Waals surface area contributed by atoms with Crippen LogP contribution in [0.3, 0.4) is 0 Å². The lowest BCUT2D eigenvalue weighted by Crippen LogP contribution is -2.21. The van der Waals surface area contributed by atoms with Gasteiger partial charge in [0.15, 0.2) is 0 Å². The number of halogens is 1. The Morgan fingerprint density at radius 3 is 2.36 bits per heavy atom. The predicted octanol–water partition coefficient (Wildman–Crippen LogP) is 2.80. The van der Waals surface area contributed by atoms with E-state index in [0.717, 1.165) is 5.56 Å². The van der Waals surface area contributed by atoms with Gasteiger partial charge in [-0.3, -0.25) is 9.59 Å². The number of amides is 2. The standard InChI is InChI=1S/C16H16ClN3O2/c1-10-8-13(19-15(21)9-18)6-7-14(10)20-16(22)11-2-4-12(17)5-3-11/h2-8H,9,18H2,1H3,(H,19,21)(H,20,22). The van der Waals surface area contributed by atoms with Crippen LogP contribution >= 0.6 is 11.6 Å². The summed E-state index contributed by atoms with van der Waals surface area (Å²) in [5.74, 6) is -0.490. The first kappa shape index (κ1) is 16.0. The smallest absolute Gasteiger partial charge is 0.255 e. The molecular weight excluding hydrogens is 302 g/mol. The number of carbonyl (C=O) groups excluding carboxylic acids is 2. The molecule has 0 spiro atoms. The molecule has 0 aromatic heterocycles. The Hall–Kier alpha value is -2.37. The molecule has 0 fully saturated rings. The van der Waals surface area contributed by atoms with E-state index in [2.05, 4.69) is 10.6 Å². The highest BCUT2D eigenvalue weighted by atomic mass is 35.5. The quantitative estimate of drug-likeness (QED) is 0.810. The molecule has 0 bridgehead atoms. The van der Waals surface area contributed by atoms with Gasteiger partial charge in [0.1, 0.15) is 0 Å². The number of nitrogens with two attached hydrogens (primary N) is 1. The minimum Gasteiger partial charge on any atom is -0.325 e. The van der Waals surface area contributed by atoms with Crippen molar-refractivity contribution in [1.82, 2.24) is 0 Å². The number of hydrogen-bond acceptors (Lipinski definition) is 3. The maximum Gasteiger partial charge on any atom is 0.255 e. The van der Waals surface area contributed by atoms with E-state index in [0.29, 0.717) is 22.0 Å². The van der Waals surface area contributed by atoms with Crippen molar-refractivity contribution < 1.29 is 9.59 Å². The first-order valence-electron chi connectivity index (χ1n) is 6.67. The molecule has 0 saturated carbocycles. The molecule has 2 aromatic rings. The van der Waals surface area contributed by atoms with E-state index < -0.39 is 0 Å². The topological polar surface area (TPSA) is 84.2 Å². The van der Waals surface area contributed by atoms with E-state index in [-0.39, 0.29) is 18.4 Å². The van der Waals surface area contributed by atoms with Crippen molar-refractivity contribution in [3.8, 4) is 0 Å². The van der Waals surface area contributed by atoms with Gasteiger partial charge in [0, 0.05) is 22.0 Å². The minimum atomic E-state index is -0.266. The van der Waals surface area contributed by atoms with Crippen LogP contribution in [0.5, 0.6) is 0 Å². The number of carbonyl (C=O) groups is 2. The Labute approximate surface area is 133 Å². The fourth-order valence-electron chi connectivity index (χ4n) is 1.89. The Bertz CT molecular complexity index is 699. The molecule has 0 saturated heterocycles. The maximum absolute atomic E-state index is 12.1. The van der Waals surface area contributed by atoms with Gasteiger partial charge < -0.3 is 16.4 Å². The van der Waals surface area contributed by atoms with Crippen molar-refractivity contribution in [2.45, 2.75) is 6.92 Å². The Kier molecular flexibility index (Phi) is 5.14. The predicted molar refractivity (Wildman–Crippen MR) is 88.3 cm³/mol. The second kappa shape index (κ2) is 7.06. The van der Waals surface area contributed by atoms with Gasteiger partial charge in [-0.25, -0.2) is 0 Å². The number of rotatable bonds is 4. The lowest BCUT2D eigenvalue weighted by atomic mass is 10.1. The summed E-state index contributed by atoms with van der Waals surface area (Å²) in [5.41, 5.74) is 7.91. The molecule has 0 aliphatic heterocycles. The Morgan fingerprint density at radius 2 is 1.77 bits per heavy atom. The molecule has 22 heavy (non-hydrogen) atoms. The van der Waals surface area contributed by atoms with E-state index in [1.165, 1.54) is 0 Å². The van der Waals surface area contributed by atoms with Gasteiger partial charge in [-0.2, -0.15) is 0 Å². The molecule has 0 unspecified atom stereocenters. The van der Waals surface area contributed by atoms with E-state index >= 15 is 0 Å². The third kappa shape index (κ3) is 4.07. The van der Waals surface area contributed by atoms with Crippen molar-refractivity contribution in [1.29, 1.82) is 0 Å². The highest BCUT2D eigenvalue weighted by Gasteiger charge is 2.08. The summed E-state index contributed by atoms with van der Waals surface area (Å²) in [4.78, 5) is 23.4. The SMILES string of the molecule is Cc1cc(NC(=O)CN)ccc1NC(=O)c1ccc(Cl)cc1. The van der Waals surface area contributed by atoms with Gasteiger partial charge in [-0.1, -0.05) is 11.6 Å². The van der Waals surface area contributed by atoms with E-state index in [4.69, 9.17) is 17.3 Å². The van der Waals surface area contributed by atoms with Crippen LogP contribution in [-0.4, -0.2) is 18.4 Å². The zero-order valence-corrected chi connectivity index (χ0v) is 12.8. The van der Waals surface area contributed by atoms with Gasteiger partial charge >= 0.3 is 0 Å². The van der Waals surface area contributed by atoms with Gasteiger partial charge in [0.05, 0.1) is 6.54 Å². The van der Waals surface area contributed by atoms with Crippen LogP contribution < -0.4 is 16.4 Å². The first-order valence-corrected chi connectivity index (χ1v) is 7.05. The number of hydrogen-bond donors (Lipinski definition) is 3. The van der Waals surface area contributed by atoms with Gasteiger partial charge in [0.25, 0.3) is 5.91 Å². The van der Waals surface area contributed by atoms with Gasteiger partial charge in [-0.05, 0) is 55.0 Å². The van der Waals surface area contributed by atoms with Crippen LogP contribution in [0.1, 0.15) is 15.9 Å². The maximum atomic E-state index is 12.1. The molecule has 0 radical (unpaired) electrons. The Morgan fingerprint density at radius 1 is 1.09 bits per heavy atom. The molecule has 6 heteroatoms. The van der Waals surface area contributed by atoms with E-state index in [1.54, 1.807) is 42.5 Å². The normalized spacial score (nSPS) is 10.1. The molecule has 2 rings (SSSR count). The lowest BCUT2D eigenvalue weighted by molar-refractivity contribution is -0.114. The summed E-state index contributed by atoms with van der Waals surface area (Å²) in [6.45, 7) is 1.77. The van der Waals surface area contributed by atoms with Crippen LogP contribution in [0.4, 0.5) is 11.4 Å². The third-order valence-corrected chi connectivity index (χ3v) is 3.30. The van der Waals surface area contributed by atoms with Gasteiger partial charge in [-0.15, -0.1) is 0 Å². The molecule has 0 aliphatic carbocycles. The average molecular weight is 318 g/mol. The molecule has 2 amide bonds. The molecule has 114 valence electrons. The molecule has 2 aromatic carbocycles. The molecule has 0 heterocycles. The molecule has 4 N–H and O–H groups in total. The summed E-state index contributed by atoms with van der Waals surface area (Å²) in [6, 6.07) is 11.8. The van der Waals surface area contributed by atoms with Crippen molar-refractivity contribution in [3.05, 3.63) is 58.6 Å². The number of nitrogens with one attached hydrogen (secondary N) is 2. The molecule has 0 aliphatic rings. The van der Waals surface area contributed by atoms with Crippen LogP contribution in [0.15, 0.2) is 42.5 Å². The van der Waals surface area contributed by atoms with Crippen LogP contribution in [0, 0.1) is 6.92 Å². The third-order valence-electron chi connectivity index (χ3n) is 3.05. The van der Waals surface area contributed by atoms with Crippen molar-refractivity contribution in [3.63, 3.8) is 0 Å². The molecular formula is C16H16ClN3O2. The summed E-state index contributed by atoms with van der Waals surface area (Å²) in [5, 5.41) is 6.06. The molecule has 0 atom stereocenters. The number of aryl methyl sites for hydroxylation is 1. The summed E-state index contributed by atoms with van der Waals surface area (Å²) < 4.78 is 0. The summed E-state index contributed by atoms with van der Waals surface area (Å²) in [7, 11) is 0. The van der Waals surface area contributed by atoms with Crippen molar-refractivity contribution >= 4 is 34.8 Å². The second-order valence-corrected chi connectivity index (χ2v) is 5.18. The monoisotopic (exact) mass is 317 g/mol. The lowest BCUT2D eigenvalue weighted by Gasteiger charge is -2.11. The second-order valence-electron chi connectivity index (χ2n) is 4.74. The summed E-state index contributed by atoms with van der Waals surface area (Å²) in [6.07, 6.45) is 0. The minimum absolute atomic E-state index is 0.0753. The first-order chi connectivity index (χ1) is 10.5. The highest BCUT2D eigenvalue weighted by Crippen LogP contribution is 2.20. The van der Waals surface area contributed by atoms with Gasteiger partial charge in [0.2, 0.25) is 5.91 Å². The Balaban J connectivity index is 2.11. The molecule has 5 nitrogen and oxygen atoms in total. The van der Waals surface area contributed by atoms with E-state index in [9.17, 15) is 9.59 Å². The van der Waals surface area contributed by atoms with Crippen molar-refractivity contribution in [2.75, 3.05) is 17.2 Å². The van der Waals surface area contributed by atoms with E-state index in [1.807, 2.05) is 6.92 Å². The van der Waals surface area contributed by atoms with Crippen LogP contribution in [0.2, 0.25) is 5.02 Å². The fourth-order valence-corrected chi connectivity index (χ4v) is 2.02. The largest absolute Gasteiger partial charge is 0.325 e. The number of benzene rings is 2. The van der Waals surface area contributed by atoms with Crippen LogP contribution in [-0.2, 0) is 4.79 Å². The zero-order valence-electron chi connectivity index (χ0n) is 12.0. The zero-order chi connectivity index (χ0) is 16.1. The number of anilines is 2. The summed E-state index contributed by atoms with van der Waals surface area (Å²) >= 11 is 5.80. The van der Waals surface area contributed by atoms with Crippen molar-refractivity contribution in [2.24, 2.45) is 5.73 Å². The average Bonchev–Trinajstić information content (AvgIpc) is 2.50. The fraction of sp³-hybridized carbons (Fsp3) is 0.125. The van der Waals surface area contributed by atoms with Crippen LogP contribution in [0.25, 0.3) is 0 Å².